The van der Waals surface area contributed by atoms with Crippen LogP contribution in [0.1, 0.15) is 45.9 Å². The van der Waals surface area contributed by atoms with E-state index in [1.807, 2.05) is 0 Å². The van der Waals surface area contributed by atoms with Crippen molar-refractivity contribution in [2.24, 2.45) is 0 Å². The molecule has 1 fully saturated rings. The van der Waals surface area contributed by atoms with Crippen molar-refractivity contribution in [3.05, 3.63) is 70.8 Å². The van der Waals surface area contributed by atoms with Crippen molar-refractivity contribution < 1.29 is 29.1 Å². The fourth-order valence-corrected chi connectivity index (χ4v) is 4.10. The molecule has 0 aliphatic carbocycles. The van der Waals surface area contributed by atoms with Crippen LogP contribution in [0.4, 0.5) is 4.79 Å². The van der Waals surface area contributed by atoms with Gasteiger partial charge in [0.05, 0.1) is 0 Å². The first-order valence-corrected chi connectivity index (χ1v) is 10.4. The Morgan fingerprint density at radius 1 is 1.12 bits per heavy atom. The Balaban J connectivity index is 1.43. The predicted octanol–water partition coefficient (Wildman–Crippen LogP) is 1.07. The molecule has 1 unspecified atom stereocenters. The summed E-state index contributed by atoms with van der Waals surface area (Å²) in [5.74, 6) is -1.60. The van der Waals surface area contributed by atoms with Gasteiger partial charge in [-0.05, 0) is 29.2 Å². The summed E-state index contributed by atoms with van der Waals surface area (Å²) in [6.45, 7) is 0.360. The smallest absolute Gasteiger partial charge is 0.405 e. The van der Waals surface area contributed by atoms with E-state index in [4.69, 9.17) is 5.11 Å². The number of amides is 5. The SMILES string of the molecule is O=C(O)N[C@H](C(=O)NCc1ccc2c(c1)CN(C1CCC(=O)NC1=O)C2=O)c1ccccc1. The molecule has 5 amide bonds. The summed E-state index contributed by atoms with van der Waals surface area (Å²) in [5, 5.41) is 16.3. The van der Waals surface area contributed by atoms with E-state index >= 15 is 0 Å². The Hall–Kier alpha value is -4.21. The van der Waals surface area contributed by atoms with Gasteiger partial charge < -0.3 is 20.6 Å². The molecule has 2 aromatic rings. The van der Waals surface area contributed by atoms with Crippen LogP contribution in [0.25, 0.3) is 0 Å². The van der Waals surface area contributed by atoms with Crippen LogP contribution in [0.2, 0.25) is 0 Å². The molecule has 0 radical (unpaired) electrons. The third kappa shape index (κ3) is 4.69. The quantitative estimate of drug-likeness (QED) is 0.485. The number of carbonyl (C=O) groups excluding carboxylic acids is 4. The summed E-state index contributed by atoms with van der Waals surface area (Å²) in [5.41, 5.74) is 2.43. The average Bonchev–Trinajstić information content (AvgIpc) is 3.12. The maximum Gasteiger partial charge on any atom is 0.405 e. The first-order chi connectivity index (χ1) is 15.8. The molecule has 2 heterocycles. The fourth-order valence-electron chi connectivity index (χ4n) is 4.10. The number of piperidine rings is 1. The zero-order valence-corrected chi connectivity index (χ0v) is 17.5. The summed E-state index contributed by atoms with van der Waals surface area (Å²) < 4.78 is 0. The largest absolute Gasteiger partial charge is 0.465 e. The number of carbonyl (C=O) groups is 5. The van der Waals surface area contributed by atoms with Crippen LogP contribution >= 0.6 is 0 Å². The summed E-state index contributed by atoms with van der Waals surface area (Å²) in [7, 11) is 0. The van der Waals surface area contributed by atoms with E-state index in [9.17, 15) is 24.0 Å². The molecule has 33 heavy (non-hydrogen) atoms. The first-order valence-electron chi connectivity index (χ1n) is 10.4. The van der Waals surface area contributed by atoms with Crippen LogP contribution < -0.4 is 16.0 Å². The van der Waals surface area contributed by atoms with E-state index in [1.165, 1.54) is 4.90 Å². The fraction of sp³-hybridized carbons (Fsp3) is 0.261. The topological polar surface area (TPSA) is 145 Å². The number of rotatable bonds is 6. The summed E-state index contributed by atoms with van der Waals surface area (Å²) in [4.78, 5) is 61.6. The van der Waals surface area contributed by atoms with Crippen LogP contribution in [0.15, 0.2) is 48.5 Å². The highest BCUT2D eigenvalue weighted by Gasteiger charge is 2.39. The molecule has 4 rings (SSSR count). The minimum absolute atomic E-state index is 0.128. The number of nitrogens with one attached hydrogen (secondary N) is 3. The Kier molecular flexibility index (Phi) is 6.07. The van der Waals surface area contributed by atoms with Crippen molar-refractivity contribution in [2.45, 2.75) is 38.0 Å². The molecular formula is C23H22N4O6. The lowest BCUT2D eigenvalue weighted by Gasteiger charge is -2.29. The van der Waals surface area contributed by atoms with Gasteiger partial charge in [0.1, 0.15) is 12.1 Å². The maximum atomic E-state index is 12.8. The molecule has 0 spiro atoms. The van der Waals surface area contributed by atoms with Crippen LogP contribution in [0.3, 0.4) is 0 Å². The van der Waals surface area contributed by atoms with Gasteiger partial charge in [-0.3, -0.25) is 24.5 Å². The standard InChI is InChI=1S/C23H22N4O6/c28-18-9-8-17(20(29)25-18)27-12-15-10-13(6-7-16(15)22(27)31)11-24-21(30)19(26-23(32)33)14-4-2-1-3-5-14/h1-7,10,17,19,26H,8-9,11-12H2,(H,24,30)(H,32,33)(H,25,28,29)/t17?,19-/m0/s1. The van der Waals surface area contributed by atoms with E-state index in [0.717, 1.165) is 11.1 Å². The number of imide groups is 1. The minimum atomic E-state index is -1.32. The van der Waals surface area contributed by atoms with Crippen LogP contribution in [-0.2, 0) is 27.5 Å². The molecular weight excluding hydrogens is 428 g/mol. The van der Waals surface area contributed by atoms with Gasteiger partial charge in [0.25, 0.3) is 5.91 Å². The van der Waals surface area contributed by atoms with Gasteiger partial charge in [0.2, 0.25) is 17.7 Å². The zero-order chi connectivity index (χ0) is 23.5. The molecule has 0 aromatic heterocycles. The predicted molar refractivity (Wildman–Crippen MR) is 115 cm³/mol. The van der Waals surface area contributed by atoms with Crippen LogP contribution in [-0.4, -0.2) is 45.8 Å². The number of carboxylic acid groups (broad SMARTS) is 1. The Bertz CT molecular complexity index is 1130. The van der Waals surface area contributed by atoms with E-state index in [-0.39, 0.29) is 37.7 Å². The molecule has 1 saturated heterocycles. The van der Waals surface area contributed by atoms with Crippen molar-refractivity contribution in [1.82, 2.24) is 20.9 Å². The van der Waals surface area contributed by atoms with Crippen molar-refractivity contribution in [1.29, 1.82) is 0 Å². The molecule has 0 saturated carbocycles. The van der Waals surface area contributed by atoms with Gasteiger partial charge in [-0.1, -0.05) is 42.5 Å². The normalized spacial score (nSPS) is 18.4. The van der Waals surface area contributed by atoms with Gasteiger partial charge in [0, 0.05) is 25.1 Å². The Morgan fingerprint density at radius 3 is 2.58 bits per heavy atom. The highest BCUT2D eigenvalue weighted by molar-refractivity contribution is 6.05. The zero-order valence-electron chi connectivity index (χ0n) is 17.5. The lowest BCUT2D eigenvalue weighted by molar-refractivity contribution is -0.137. The molecule has 10 heteroatoms. The number of nitrogens with zero attached hydrogens (tertiary/aromatic N) is 1. The number of fused-ring (bicyclic) bond motifs is 1. The second kappa shape index (κ2) is 9.11. The average molecular weight is 450 g/mol. The third-order valence-corrected chi connectivity index (χ3v) is 5.72. The summed E-state index contributed by atoms with van der Waals surface area (Å²) >= 11 is 0. The monoisotopic (exact) mass is 450 g/mol. The van der Waals surface area contributed by atoms with Gasteiger partial charge >= 0.3 is 6.09 Å². The van der Waals surface area contributed by atoms with Crippen LogP contribution in [0, 0.1) is 0 Å². The summed E-state index contributed by atoms with van der Waals surface area (Å²) in [6, 6.07) is 11.9. The number of hydrogen-bond donors (Lipinski definition) is 4. The molecule has 4 N–H and O–H groups in total. The third-order valence-electron chi connectivity index (χ3n) is 5.72. The van der Waals surface area contributed by atoms with Gasteiger partial charge in [-0.15, -0.1) is 0 Å². The van der Waals surface area contributed by atoms with Crippen molar-refractivity contribution >= 4 is 29.7 Å². The van der Waals surface area contributed by atoms with E-state index in [1.54, 1.807) is 48.5 Å². The van der Waals surface area contributed by atoms with E-state index in [0.29, 0.717) is 11.1 Å². The molecule has 2 atom stereocenters. The summed E-state index contributed by atoms with van der Waals surface area (Å²) in [6.07, 6.45) is -0.852. The molecule has 2 aromatic carbocycles. The lowest BCUT2D eigenvalue weighted by atomic mass is 10.0. The molecule has 0 bridgehead atoms. The first kappa shape index (κ1) is 22.0. The highest BCUT2D eigenvalue weighted by atomic mass is 16.4. The minimum Gasteiger partial charge on any atom is -0.465 e. The van der Waals surface area contributed by atoms with Crippen molar-refractivity contribution in [3.63, 3.8) is 0 Å². The lowest BCUT2D eigenvalue weighted by Crippen LogP contribution is -2.52. The number of benzene rings is 2. The second-order valence-electron chi connectivity index (χ2n) is 7.90. The van der Waals surface area contributed by atoms with Gasteiger partial charge in [0.15, 0.2) is 0 Å². The molecule has 2 aliphatic rings. The Morgan fingerprint density at radius 2 is 1.88 bits per heavy atom. The molecule has 2 aliphatic heterocycles. The van der Waals surface area contributed by atoms with Gasteiger partial charge in [-0.25, -0.2) is 4.79 Å². The second-order valence-corrected chi connectivity index (χ2v) is 7.90. The Labute approximate surface area is 189 Å². The molecule has 10 nitrogen and oxygen atoms in total. The van der Waals surface area contributed by atoms with Gasteiger partial charge in [-0.2, -0.15) is 0 Å². The van der Waals surface area contributed by atoms with E-state index in [2.05, 4.69) is 16.0 Å². The number of hydrogen-bond acceptors (Lipinski definition) is 5. The maximum absolute atomic E-state index is 12.8. The highest BCUT2D eigenvalue weighted by Crippen LogP contribution is 2.28. The van der Waals surface area contributed by atoms with Crippen molar-refractivity contribution in [3.8, 4) is 0 Å². The molecule has 170 valence electrons. The van der Waals surface area contributed by atoms with Crippen molar-refractivity contribution in [2.75, 3.05) is 0 Å². The van der Waals surface area contributed by atoms with Crippen LogP contribution in [0.5, 0.6) is 0 Å². The van der Waals surface area contributed by atoms with E-state index < -0.39 is 30.0 Å².